The van der Waals surface area contributed by atoms with E-state index < -0.39 is 0 Å². The average Bonchev–Trinajstić information content (AvgIpc) is 2.43. The minimum atomic E-state index is -0.0675. The van der Waals surface area contributed by atoms with Crippen LogP contribution in [-0.2, 0) is 4.79 Å². The number of carbonyl (C=O) groups excluding carboxylic acids is 1. The summed E-state index contributed by atoms with van der Waals surface area (Å²) in [6.45, 7) is 1.94. The number of fused-ring (bicyclic) bond motifs is 1. The van der Waals surface area contributed by atoms with Crippen molar-refractivity contribution < 1.29 is 9.53 Å². The van der Waals surface area contributed by atoms with Gasteiger partial charge in [0.15, 0.2) is 0 Å². The van der Waals surface area contributed by atoms with Crippen LogP contribution < -0.4 is 10.1 Å². The van der Waals surface area contributed by atoms with E-state index >= 15 is 0 Å². The van der Waals surface area contributed by atoms with Gasteiger partial charge in [0.2, 0.25) is 5.91 Å². The molecule has 1 amide bonds. The molecule has 0 aliphatic heterocycles. The zero-order valence-electron chi connectivity index (χ0n) is 11.3. The Balaban J connectivity index is 2.28. The fourth-order valence-electron chi connectivity index (χ4n) is 1.78. The average molecular weight is 291 g/mol. The smallest absolute Gasteiger partial charge is 0.217 e. The van der Waals surface area contributed by atoms with Gasteiger partial charge in [0, 0.05) is 24.4 Å². The molecule has 0 unspecified atom stereocenters. The molecule has 0 spiro atoms. The highest BCUT2D eigenvalue weighted by atomic mass is 35.5. The van der Waals surface area contributed by atoms with E-state index in [2.05, 4.69) is 10.3 Å². The zero-order valence-corrected chi connectivity index (χ0v) is 12.1. The van der Waals surface area contributed by atoms with E-state index in [1.54, 1.807) is 7.11 Å². The van der Waals surface area contributed by atoms with E-state index in [4.69, 9.17) is 16.3 Å². The lowest BCUT2D eigenvalue weighted by Gasteiger charge is -2.05. The number of methoxy groups -OCH3 is 1. The predicted molar refractivity (Wildman–Crippen MR) is 81.0 cm³/mol. The van der Waals surface area contributed by atoms with E-state index in [-0.39, 0.29) is 5.91 Å². The van der Waals surface area contributed by atoms with Gasteiger partial charge in [-0.15, -0.1) is 0 Å². The Morgan fingerprint density at radius 1 is 1.45 bits per heavy atom. The van der Waals surface area contributed by atoms with Crippen LogP contribution in [0.5, 0.6) is 5.75 Å². The van der Waals surface area contributed by atoms with Gasteiger partial charge in [0.05, 0.1) is 12.6 Å². The van der Waals surface area contributed by atoms with Crippen LogP contribution in [0, 0.1) is 0 Å². The van der Waals surface area contributed by atoms with Crippen molar-refractivity contribution in [3.05, 3.63) is 41.1 Å². The summed E-state index contributed by atoms with van der Waals surface area (Å²) in [5.74, 6) is 0.705. The van der Waals surface area contributed by atoms with Crippen molar-refractivity contribution in [1.82, 2.24) is 10.3 Å². The normalized spacial score (nSPS) is 10.9. The summed E-state index contributed by atoms with van der Waals surface area (Å²) in [5, 5.41) is 4.07. The van der Waals surface area contributed by atoms with Crippen LogP contribution in [0.3, 0.4) is 0 Å². The van der Waals surface area contributed by atoms with Crippen molar-refractivity contribution in [3.8, 4) is 5.75 Å². The number of aromatic nitrogens is 1. The Bertz CT molecular complexity index is 668. The number of halogens is 1. The van der Waals surface area contributed by atoms with Crippen molar-refractivity contribution in [2.45, 2.75) is 6.92 Å². The number of rotatable bonds is 4. The summed E-state index contributed by atoms with van der Waals surface area (Å²) >= 11 is 6.14. The molecule has 1 heterocycles. The molecule has 0 fully saturated rings. The number of nitrogens with zero attached hydrogens (tertiary/aromatic N) is 1. The summed E-state index contributed by atoms with van der Waals surface area (Å²) in [6.07, 6.45) is 3.67. The Kier molecular flexibility index (Phi) is 4.58. The van der Waals surface area contributed by atoms with Gasteiger partial charge in [-0.2, -0.15) is 0 Å². The lowest BCUT2D eigenvalue weighted by Crippen LogP contribution is -2.19. The standard InChI is InChI=1S/C15H15ClN2O2/c1-10(19)17-7-3-4-11-8-12-9-13(20-2)5-6-14(12)18-15(11)16/h3-6,8-9H,7H2,1-2H3,(H,17,19). The molecule has 5 heteroatoms. The highest BCUT2D eigenvalue weighted by Crippen LogP contribution is 2.24. The van der Waals surface area contributed by atoms with Gasteiger partial charge < -0.3 is 10.1 Å². The van der Waals surface area contributed by atoms with Crippen LogP contribution in [0.2, 0.25) is 5.15 Å². The Morgan fingerprint density at radius 2 is 2.25 bits per heavy atom. The second-order valence-corrected chi connectivity index (χ2v) is 4.62. The van der Waals surface area contributed by atoms with Crippen molar-refractivity contribution >= 4 is 34.5 Å². The quantitative estimate of drug-likeness (QED) is 0.881. The lowest BCUT2D eigenvalue weighted by atomic mass is 10.1. The van der Waals surface area contributed by atoms with Gasteiger partial charge in [-0.05, 0) is 24.3 Å². The fourth-order valence-corrected chi connectivity index (χ4v) is 1.99. The van der Waals surface area contributed by atoms with E-state index in [0.717, 1.165) is 22.2 Å². The van der Waals surface area contributed by atoms with E-state index in [0.29, 0.717) is 11.7 Å². The maximum Gasteiger partial charge on any atom is 0.217 e. The molecule has 2 aromatic rings. The third-order valence-electron chi connectivity index (χ3n) is 2.77. The van der Waals surface area contributed by atoms with Gasteiger partial charge >= 0.3 is 0 Å². The third kappa shape index (κ3) is 3.48. The number of amides is 1. The number of hydrogen-bond acceptors (Lipinski definition) is 3. The first-order valence-electron chi connectivity index (χ1n) is 6.15. The van der Waals surface area contributed by atoms with Gasteiger partial charge in [-0.3, -0.25) is 4.79 Å². The van der Waals surface area contributed by atoms with E-state index in [1.807, 2.05) is 36.4 Å². The van der Waals surface area contributed by atoms with Crippen LogP contribution in [-0.4, -0.2) is 24.5 Å². The summed E-state index contributed by atoms with van der Waals surface area (Å²) in [6, 6.07) is 7.56. The summed E-state index contributed by atoms with van der Waals surface area (Å²) in [4.78, 5) is 15.1. The molecular weight excluding hydrogens is 276 g/mol. The molecule has 0 saturated heterocycles. The minimum absolute atomic E-state index is 0.0675. The molecule has 1 aromatic heterocycles. The third-order valence-corrected chi connectivity index (χ3v) is 3.07. The second-order valence-electron chi connectivity index (χ2n) is 4.27. The van der Waals surface area contributed by atoms with Crippen molar-refractivity contribution in [2.24, 2.45) is 0 Å². The monoisotopic (exact) mass is 290 g/mol. The molecule has 1 aromatic carbocycles. The van der Waals surface area contributed by atoms with Crippen LogP contribution in [0.15, 0.2) is 30.3 Å². The van der Waals surface area contributed by atoms with Crippen molar-refractivity contribution in [3.63, 3.8) is 0 Å². The molecule has 0 bridgehead atoms. The highest BCUT2D eigenvalue weighted by molar-refractivity contribution is 6.31. The van der Waals surface area contributed by atoms with Crippen LogP contribution >= 0.6 is 11.6 Å². The Labute approximate surface area is 122 Å². The molecule has 0 saturated carbocycles. The first-order valence-corrected chi connectivity index (χ1v) is 6.53. The first kappa shape index (κ1) is 14.3. The van der Waals surface area contributed by atoms with Gasteiger partial charge in [0.1, 0.15) is 10.9 Å². The maximum atomic E-state index is 10.8. The number of carbonyl (C=O) groups is 1. The molecule has 104 valence electrons. The van der Waals surface area contributed by atoms with Crippen molar-refractivity contribution in [2.75, 3.05) is 13.7 Å². The minimum Gasteiger partial charge on any atom is -0.497 e. The molecule has 0 radical (unpaired) electrons. The summed E-state index contributed by atoms with van der Waals surface area (Å²) in [5.41, 5.74) is 1.62. The number of hydrogen-bond donors (Lipinski definition) is 1. The first-order chi connectivity index (χ1) is 9.60. The zero-order chi connectivity index (χ0) is 14.5. The van der Waals surface area contributed by atoms with Crippen LogP contribution in [0.4, 0.5) is 0 Å². The van der Waals surface area contributed by atoms with E-state index in [1.165, 1.54) is 6.92 Å². The SMILES string of the molecule is COc1ccc2nc(Cl)c(C=CCNC(C)=O)cc2c1. The molecular formula is C15H15ClN2O2. The van der Waals surface area contributed by atoms with Crippen LogP contribution in [0.25, 0.3) is 17.0 Å². The topological polar surface area (TPSA) is 51.2 Å². The summed E-state index contributed by atoms with van der Waals surface area (Å²) in [7, 11) is 1.62. The molecule has 4 nitrogen and oxygen atoms in total. The number of ether oxygens (including phenoxy) is 1. The fraction of sp³-hybridized carbons (Fsp3) is 0.200. The summed E-state index contributed by atoms with van der Waals surface area (Å²) < 4.78 is 5.19. The molecule has 0 atom stereocenters. The largest absolute Gasteiger partial charge is 0.497 e. The lowest BCUT2D eigenvalue weighted by molar-refractivity contribution is -0.118. The van der Waals surface area contributed by atoms with Gasteiger partial charge in [0.25, 0.3) is 0 Å². The highest BCUT2D eigenvalue weighted by Gasteiger charge is 2.03. The predicted octanol–water partition coefficient (Wildman–Crippen LogP) is 3.05. The van der Waals surface area contributed by atoms with Gasteiger partial charge in [-0.25, -0.2) is 4.98 Å². The van der Waals surface area contributed by atoms with Gasteiger partial charge in [-0.1, -0.05) is 23.8 Å². The Hall–Kier alpha value is -2.07. The van der Waals surface area contributed by atoms with Crippen LogP contribution in [0.1, 0.15) is 12.5 Å². The number of pyridine rings is 1. The Morgan fingerprint density at radius 3 is 2.95 bits per heavy atom. The molecule has 1 N–H and O–H groups in total. The molecule has 0 aliphatic carbocycles. The number of nitrogens with one attached hydrogen (secondary N) is 1. The molecule has 0 aliphatic rings. The molecule has 2 rings (SSSR count). The number of benzene rings is 1. The molecule has 20 heavy (non-hydrogen) atoms. The van der Waals surface area contributed by atoms with Crippen molar-refractivity contribution in [1.29, 1.82) is 0 Å². The van der Waals surface area contributed by atoms with E-state index in [9.17, 15) is 4.79 Å². The maximum absolute atomic E-state index is 10.8. The second kappa shape index (κ2) is 6.39.